The van der Waals surface area contributed by atoms with Crippen molar-refractivity contribution >= 4 is 23.5 Å². The van der Waals surface area contributed by atoms with Crippen LogP contribution in [0.3, 0.4) is 0 Å². The molecule has 20 heavy (non-hydrogen) atoms. The molecular weight excluding hydrogens is 263 g/mol. The summed E-state index contributed by atoms with van der Waals surface area (Å²) in [6, 6.07) is 3.30. The fourth-order valence-electron chi connectivity index (χ4n) is 2.24. The third-order valence-corrected chi connectivity index (χ3v) is 3.35. The fourth-order valence-corrected chi connectivity index (χ4v) is 2.24. The molecule has 1 aliphatic heterocycles. The quantitative estimate of drug-likeness (QED) is 0.841. The third-order valence-electron chi connectivity index (χ3n) is 3.35. The molecule has 106 valence electrons. The number of benzene rings is 1. The minimum atomic E-state index is -0.949. The molecule has 1 atom stereocenters. The molecule has 5 nitrogen and oxygen atoms in total. The number of amides is 4. The van der Waals surface area contributed by atoms with Crippen LogP contribution >= 0.6 is 0 Å². The first kappa shape index (κ1) is 14.2. The maximum atomic E-state index is 13.6. The summed E-state index contributed by atoms with van der Waals surface area (Å²) in [6.45, 7) is 4.91. The highest BCUT2D eigenvalue weighted by molar-refractivity contribution is 6.28. The second-order valence-electron chi connectivity index (χ2n) is 5.07. The van der Waals surface area contributed by atoms with Gasteiger partial charge in [-0.05, 0) is 25.0 Å². The van der Waals surface area contributed by atoms with Crippen LogP contribution in [-0.2, 0) is 9.59 Å². The lowest BCUT2D eigenvalue weighted by Crippen LogP contribution is -2.59. The second-order valence-corrected chi connectivity index (χ2v) is 5.07. The average molecular weight is 278 g/mol. The highest BCUT2D eigenvalue weighted by atomic mass is 19.1. The molecule has 0 bridgehead atoms. The molecule has 0 aromatic heterocycles. The first-order valence-electron chi connectivity index (χ1n) is 6.28. The van der Waals surface area contributed by atoms with Gasteiger partial charge in [0.1, 0.15) is 11.7 Å². The van der Waals surface area contributed by atoms with Gasteiger partial charge in [-0.3, -0.25) is 14.9 Å². The zero-order chi connectivity index (χ0) is 15.0. The number of nitrogens with zero attached hydrogens (tertiary/aromatic N) is 1. The topological polar surface area (TPSA) is 66.5 Å². The monoisotopic (exact) mass is 278 g/mol. The predicted molar refractivity (Wildman–Crippen MR) is 70.5 cm³/mol. The van der Waals surface area contributed by atoms with Gasteiger partial charge in [-0.25, -0.2) is 14.1 Å². The van der Waals surface area contributed by atoms with E-state index in [1.807, 2.05) is 0 Å². The van der Waals surface area contributed by atoms with Gasteiger partial charge in [-0.1, -0.05) is 19.9 Å². The van der Waals surface area contributed by atoms with Crippen molar-refractivity contribution in [2.75, 3.05) is 4.90 Å². The van der Waals surface area contributed by atoms with Crippen molar-refractivity contribution in [3.8, 4) is 0 Å². The minimum Gasteiger partial charge on any atom is -0.277 e. The van der Waals surface area contributed by atoms with Crippen molar-refractivity contribution in [2.45, 2.75) is 20.8 Å². The van der Waals surface area contributed by atoms with E-state index in [1.165, 1.54) is 25.1 Å². The number of urea groups is 1. The van der Waals surface area contributed by atoms with Gasteiger partial charge >= 0.3 is 6.03 Å². The molecule has 0 spiro atoms. The smallest absolute Gasteiger partial charge is 0.277 e. The van der Waals surface area contributed by atoms with E-state index >= 15 is 0 Å². The van der Waals surface area contributed by atoms with Crippen LogP contribution in [0.25, 0.3) is 0 Å². The Morgan fingerprint density at radius 1 is 1.25 bits per heavy atom. The summed E-state index contributed by atoms with van der Waals surface area (Å²) < 4.78 is 13.6. The molecule has 0 saturated carbocycles. The number of nitrogens with one attached hydrogen (secondary N) is 1. The number of hydrogen-bond acceptors (Lipinski definition) is 3. The molecule has 1 fully saturated rings. The Morgan fingerprint density at radius 3 is 2.50 bits per heavy atom. The largest absolute Gasteiger partial charge is 0.335 e. The highest BCUT2D eigenvalue weighted by Gasteiger charge is 2.43. The predicted octanol–water partition coefficient (Wildman–Crippen LogP) is 1.99. The number of imide groups is 2. The Hall–Kier alpha value is -2.24. The van der Waals surface area contributed by atoms with Crippen LogP contribution < -0.4 is 10.2 Å². The van der Waals surface area contributed by atoms with Gasteiger partial charge in [0, 0.05) is 5.56 Å². The first-order valence-corrected chi connectivity index (χ1v) is 6.28. The van der Waals surface area contributed by atoms with Crippen molar-refractivity contribution < 1.29 is 18.8 Å². The van der Waals surface area contributed by atoms with Gasteiger partial charge in [0.05, 0.1) is 5.69 Å². The van der Waals surface area contributed by atoms with Gasteiger partial charge in [-0.2, -0.15) is 0 Å². The number of barbiturate groups is 1. The van der Waals surface area contributed by atoms with Crippen molar-refractivity contribution in [1.82, 2.24) is 5.32 Å². The molecule has 4 amide bonds. The molecular formula is C14H15FN2O3. The number of anilines is 1. The summed E-state index contributed by atoms with van der Waals surface area (Å²) >= 11 is 0. The molecule has 1 aromatic carbocycles. The van der Waals surface area contributed by atoms with Gasteiger partial charge in [0.25, 0.3) is 0 Å². The minimum absolute atomic E-state index is 0.158. The number of rotatable bonds is 2. The van der Waals surface area contributed by atoms with Gasteiger partial charge in [-0.15, -0.1) is 0 Å². The highest BCUT2D eigenvalue weighted by Crippen LogP contribution is 2.28. The summed E-state index contributed by atoms with van der Waals surface area (Å²) in [5.41, 5.74) is 0.346. The zero-order valence-electron chi connectivity index (χ0n) is 11.4. The van der Waals surface area contributed by atoms with Crippen LogP contribution in [0.1, 0.15) is 19.4 Å². The van der Waals surface area contributed by atoms with Crippen LogP contribution in [0.4, 0.5) is 14.9 Å². The Balaban J connectivity index is 2.49. The van der Waals surface area contributed by atoms with Crippen molar-refractivity contribution in [3.05, 3.63) is 29.6 Å². The second kappa shape index (κ2) is 5.03. The van der Waals surface area contributed by atoms with Gasteiger partial charge in [0.15, 0.2) is 0 Å². The number of halogens is 1. The van der Waals surface area contributed by atoms with E-state index in [2.05, 4.69) is 5.32 Å². The van der Waals surface area contributed by atoms with Crippen LogP contribution in [-0.4, -0.2) is 17.8 Å². The van der Waals surface area contributed by atoms with Crippen molar-refractivity contribution in [2.24, 2.45) is 11.8 Å². The number of hydrogen-bond donors (Lipinski definition) is 1. The van der Waals surface area contributed by atoms with E-state index < -0.39 is 29.6 Å². The molecule has 1 saturated heterocycles. The first-order chi connectivity index (χ1) is 9.34. The number of carbonyl (C=O) groups is 3. The van der Waals surface area contributed by atoms with E-state index in [4.69, 9.17) is 0 Å². The fraction of sp³-hybridized carbons (Fsp3) is 0.357. The van der Waals surface area contributed by atoms with Crippen molar-refractivity contribution in [1.29, 1.82) is 0 Å². The number of carbonyl (C=O) groups excluding carboxylic acids is 3. The average Bonchev–Trinajstić information content (AvgIpc) is 2.33. The lowest BCUT2D eigenvalue weighted by atomic mass is 9.91. The summed E-state index contributed by atoms with van der Waals surface area (Å²) in [7, 11) is 0. The molecule has 1 N–H and O–H groups in total. The summed E-state index contributed by atoms with van der Waals surface area (Å²) in [5.74, 6) is -2.95. The van der Waals surface area contributed by atoms with E-state index in [0.717, 1.165) is 4.90 Å². The maximum absolute atomic E-state index is 13.6. The van der Waals surface area contributed by atoms with E-state index in [-0.39, 0.29) is 17.2 Å². The molecule has 1 aliphatic rings. The maximum Gasteiger partial charge on any atom is 0.335 e. The SMILES string of the molecule is Cc1c(F)cccc1N1C(=O)NC(=O)C(C(C)C)C1=O. The van der Waals surface area contributed by atoms with Crippen LogP contribution in [0.15, 0.2) is 18.2 Å². The van der Waals surface area contributed by atoms with Crippen LogP contribution in [0.5, 0.6) is 0 Å². The molecule has 6 heteroatoms. The molecule has 1 unspecified atom stereocenters. The summed E-state index contributed by atoms with van der Waals surface area (Å²) in [6.07, 6.45) is 0. The van der Waals surface area contributed by atoms with Crippen LogP contribution in [0, 0.1) is 24.6 Å². The Kier molecular flexibility index (Phi) is 3.57. The van der Waals surface area contributed by atoms with E-state index in [0.29, 0.717) is 0 Å². The Morgan fingerprint density at radius 2 is 1.90 bits per heavy atom. The molecule has 0 radical (unpaired) electrons. The normalized spacial score (nSPS) is 19.6. The van der Waals surface area contributed by atoms with E-state index in [9.17, 15) is 18.8 Å². The van der Waals surface area contributed by atoms with Gasteiger partial charge in [0.2, 0.25) is 11.8 Å². The molecule has 1 heterocycles. The standard InChI is InChI=1S/C14H15FN2O3/c1-7(2)11-12(18)16-14(20)17(13(11)19)10-6-4-5-9(15)8(10)3/h4-7,11H,1-3H3,(H,16,18,20). The molecule has 2 rings (SSSR count). The molecule has 1 aromatic rings. The summed E-state index contributed by atoms with van der Waals surface area (Å²) in [5, 5.41) is 2.14. The summed E-state index contributed by atoms with van der Waals surface area (Å²) in [4.78, 5) is 36.8. The lowest BCUT2D eigenvalue weighted by Gasteiger charge is -2.32. The van der Waals surface area contributed by atoms with E-state index in [1.54, 1.807) is 13.8 Å². The van der Waals surface area contributed by atoms with Gasteiger partial charge < -0.3 is 0 Å². The third kappa shape index (κ3) is 2.17. The van der Waals surface area contributed by atoms with Crippen molar-refractivity contribution in [3.63, 3.8) is 0 Å². The lowest BCUT2D eigenvalue weighted by molar-refractivity contribution is -0.136. The Labute approximate surface area is 115 Å². The molecule has 0 aliphatic carbocycles. The van der Waals surface area contributed by atoms with Crippen LogP contribution in [0.2, 0.25) is 0 Å². The zero-order valence-corrected chi connectivity index (χ0v) is 11.4. The Bertz CT molecular complexity index is 598.